The zero-order valence-corrected chi connectivity index (χ0v) is 7.90. The Kier molecular flexibility index (Phi) is 4.18. The molecule has 4 heteroatoms. The van der Waals surface area contributed by atoms with Gasteiger partial charge in [-0.1, -0.05) is 6.92 Å². The Hall–Kier alpha value is -1.16. The van der Waals surface area contributed by atoms with Crippen LogP contribution in [-0.2, 0) is 0 Å². The van der Waals surface area contributed by atoms with Gasteiger partial charge in [0.1, 0.15) is 5.82 Å². The highest BCUT2D eigenvalue weighted by atomic mass is 15.2. The first kappa shape index (κ1) is 9.92. The lowest BCUT2D eigenvalue weighted by Gasteiger charge is -2.10. The van der Waals surface area contributed by atoms with Crippen molar-refractivity contribution >= 4 is 5.82 Å². The number of hydrogen-bond donors (Lipinski definition) is 2. The molecule has 0 radical (unpaired) electrons. The smallest absolute Gasteiger partial charge is 0.148 e. The van der Waals surface area contributed by atoms with Crippen molar-refractivity contribution in [3.8, 4) is 0 Å². The van der Waals surface area contributed by atoms with E-state index in [2.05, 4.69) is 22.4 Å². The predicted molar refractivity (Wildman–Crippen MR) is 53.4 cm³/mol. The molecule has 0 aliphatic heterocycles. The zero-order valence-electron chi connectivity index (χ0n) is 7.90. The van der Waals surface area contributed by atoms with Gasteiger partial charge in [-0.15, -0.1) is 5.10 Å². The topological polar surface area (TPSA) is 63.8 Å². The second-order valence-electron chi connectivity index (χ2n) is 3.17. The van der Waals surface area contributed by atoms with E-state index in [-0.39, 0.29) is 0 Å². The average Bonchev–Trinajstić information content (AvgIpc) is 2.17. The Labute approximate surface area is 78.6 Å². The molecule has 0 fully saturated rings. The molecule has 13 heavy (non-hydrogen) atoms. The second kappa shape index (κ2) is 5.48. The van der Waals surface area contributed by atoms with E-state index in [1.807, 2.05) is 12.1 Å². The minimum Gasteiger partial charge on any atom is -0.368 e. The molecule has 1 aromatic rings. The quantitative estimate of drug-likeness (QED) is 0.706. The minimum absolute atomic E-state index is 0.576. The molecule has 1 atom stereocenters. The molecule has 0 aliphatic rings. The van der Waals surface area contributed by atoms with Gasteiger partial charge < -0.3 is 11.1 Å². The monoisotopic (exact) mass is 180 g/mol. The molecule has 1 rings (SSSR count). The molecular formula is C9H16N4. The first-order valence-corrected chi connectivity index (χ1v) is 4.54. The third-order valence-corrected chi connectivity index (χ3v) is 1.86. The fraction of sp³-hybridized carbons (Fsp3) is 0.556. The summed E-state index contributed by atoms with van der Waals surface area (Å²) in [6.07, 6.45) is 2.70. The predicted octanol–water partition coefficient (Wildman–Crippen LogP) is 0.873. The summed E-state index contributed by atoms with van der Waals surface area (Å²) < 4.78 is 0. The third-order valence-electron chi connectivity index (χ3n) is 1.86. The van der Waals surface area contributed by atoms with Gasteiger partial charge in [0, 0.05) is 12.7 Å². The van der Waals surface area contributed by atoms with Crippen molar-refractivity contribution < 1.29 is 0 Å². The lowest BCUT2D eigenvalue weighted by atomic mass is 10.1. The number of nitrogens with two attached hydrogens (primary N) is 1. The van der Waals surface area contributed by atoms with Gasteiger partial charge in [-0.2, -0.15) is 5.10 Å². The fourth-order valence-corrected chi connectivity index (χ4v) is 1.06. The molecule has 0 bridgehead atoms. The molecule has 0 saturated heterocycles. The van der Waals surface area contributed by atoms with Gasteiger partial charge in [0.15, 0.2) is 0 Å². The summed E-state index contributed by atoms with van der Waals surface area (Å²) in [5.41, 5.74) is 5.44. The van der Waals surface area contributed by atoms with E-state index in [9.17, 15) is 0 Å². The number of aromatic nitrogens is 2. The summed E-state index contributed by atoms with van der Waals surface area (Å²) in [7, 11) is 0. The van der Waals surface area contributed by atoms with Gasteiger partial charge in [0.25, 0.3) is 0 Å². The molecule has 0 amide bonds. The number of nitrogens with one attached hydrogen (secondary N) is 1. The number of hydrogen-bond acceptors (Lipinski definition) is 4. The summed E-state index contributed by atoms with van der Waals surface area (Å²) in [4.78, 5) is 0. The highest BCUT2D eigenvalue weighted by Crippen LogP contribution is 2.03. The average molecular weight is 180 g/mol. The Morgan fingerprint density at radius 1 is 1.62 bits per heavy atom. The van der Waals surface area contributed by atoms with E-state index < -0.39 is 0 Å². The number of rotatable bonds is 5. The molecule has 1 heterocycles. The summed E-state index contributed by atoms with van der Waals surface area (Å²) in [6.45, 7) is 3.80. The fourth-order valence-electron chi connectivity index (χ4n) is 1.06. The lowest BCUT2D eigenvalue weighted by molar-refractivity contribution is 0.567. The molecule has 0 spiro atoms. The van der Waals surface area contributed by atoms with Gasteiger partial charge in [-0.3, -0.25) is 0 Å². The molecule has 3 N–H and O–H groups in total. The summed E-state index contributed by atoms with van der Waals surface area (Å²) in [5.74, 6) is 1.40. The molecule has 0 aliphatic carbocycles. The maximum Gasteiger partial charge on any atom is 0.148 e. The normalized spacial score (nSPS) is 12.5. The minimum atomic E-state index is 0.576. The van der Waals surface area contributed by atoms with Crippen molar-refractivity contribution in [2.75, 3.05) is 18.4 Å². The molecule has 72 valence electrons. The Balaban J connectivity index is 2.27. The zero-order chi connectivity index (χ0) is 9.52. The van der Waals surface area contributed by atoms with Crippen LogP contribution in [0.15, 0.2) is 18.3 Å². The van der Waals surface area contributed by atoms with Crippen LogP contribution in [0.5, 0.6) is 0 Å². The SMILES string of the molecule is CC(CCN)CNc1cccnn1. The Bertz CT molecular complexity index is 224. The molecule has 4 nitrogen and oxygen atoms in total. The molecule has 1 unspecified atom stereocenters. The van der Waals surface area contributed by atoms with Crippen molar-refractivity contribution in [1.82, 2.24) is 10.2 Å². The van der Waals surface area contributed by atoms with Gasteiger partial charge in [0.05, 0.1) is 0 Å². The molecule has 1 aromatic heterocycles. The standard InChI is InChI=1S/C9H16N4/c1-8(4-5-10)7-11-9-3-2-6-12-13-9/h2-3,6,8H,4-5,7,10H2,1H3,(H,11,13). The Morgan fingerprint density at radius 3 is 3.08 bits per heavy atom. The van der Waals surface area contributed by atoms with E-state index in [0.29, 0.717) is 5.92 Å². The van der Waals surface area contributed by atoms with E-state index in [1.54, 1.807) is 6.20 Å². The van der Waals surface area contributed by atoms with Crippen molar-refractivity contribution in [2.45, 2.75) is 13.3 Å². The van der Waals surface area contributed by atoms with Crippen molar-refractivity contribution in [2.24, 2.45) is 11.7 Å². The highest BCUT2D eigenvalue weighted by molar-refractivity contribution is 5.31. The number of anilines is 1. The van der Waals surface area contributed by atoms with E-state index in [1.165, 1.54) is 0 Å². The van der Waals surface area contributed by atoms with E-state index in [4.69, 9.17) is 5.73 Å². The largest absolute Gasteiger partial charge is 0.368 e. The molecule has 0 saturated carbocycles. The summed E-state index contributed by atoms with van der Waals surface area (Å²) >= 11 is 0. The van der Waals surface area contributed by atoms with Crippen LogP contribution in [0.3, 0.4) is 0 Å². The van der Waals surface area contributed by atoms with Crippen LogP contribution < -0.4 is 11.1 Å². The summed E-state index contributed by atoms with van der Waals surface area (Å²) in [5, 5.41) is 10.9. The molecular weight excluding hydrogens is 164 g/mol. The Morgan fingerprint density at radius 2 is 2.46 bits per heavy atom. The van der Waals surface area contributed by atoms with Crippen LogP contribution in [0.1, 0.15) is 13.3 Å². The van der Waals surface area contributed by atoms with Gasteiger partial charge >= 0.3 is 0 Å². The van der Waals surface area contributed by atoms with Crippen LogP contribution >= 0.6 is 0 Å². The molecule has 0 aromatic carbocycles. The van der Waals surface area contributed by atoms with Crippen LogP contribution in [0.2, 0.25) is 0 Å². The van der Waals surface area contributed by atoms with Crippen LogP contribution in [-0.4, -0.2) is 23.3 Å². The van der Waals surface area contributed by atoms with Crippen molar-refractivity contribution in [1.29, 1.82) is 0 Å². The van der Waals surface area contributed by atoms with Crippen LogP contribution in [0, 0.1) is 5.92 Å². The van der Waals surface area contributed by atoms with E-state index >= 15 is 0 Å². The summed E-state index contributed by atoms with van der Waals surface area (Å²) in [6, 6.07) is 3.77. The first-order valence-electron chi connectivity index (χ1n) is 4.54. The maximum absolute atomic E-state index is 5.44. The number of nitrogens with zero attached hydrogens (tertiary/aromatic N) is 2. The third kappa shape index (κ3) is 3.85. The lowest BCUT2D eigenvalue weighted by Crippen LogP contribution is -2.15. The van der Waals surface area contributed by atoms with Gasteiger partial charge in [0.2, 0.25) is 0 Å². The van der Waals surface area contributed by atoms with Gasteiger partial charge in [-0.25, -0.2) is 0 Å². The highest BCUT2D eigenvalue weighted by Gasteiger charge is 2.00. The van der Waals surface area contributed by atoms with Crippen LogP contribution in [0.4, 0.5) is 5.82 Å². The maximum atomic E-state index is 5.44. The van der Waals surface area contributed by atoms with E-state index in [0.717, 1.165) is 25.3 Å². The second-order valence-corrected chi connectivity index (χ2v) is 3.17. The van der Waals surface area contributed by atoms with Crippen molar-refractivity contribution in [3.63, 3.8) is 0 Å². The first-order chi connectivity index (χ1) is 6.33. The van der Waals surface area contributed by atoms with Crippen LogP contribution in [0.25, 0.3) is 0 Å². The van der Waals surface area contributed by atoms with Gasteiger partial charge in [-0.05, 0) is 31.0 Å². The van der Waals surface area contributed by atoms with Crippen molar-refractivity contribution in [3.05, 3.63) is 18.3 Å².